The van der Waals surface area contributed by atoms with Gasteiger partial charge >= 0.3 is 16.3 Å². The number of carbonyl (C=O) groups excluding carboxylic acids is 1. The molecular formula is C8H10BrN3O4S. The van der Waals surface area contributed by atoms with E-state index in [1.165, 1.54) is 12.1 Å². The number of anilines is 2. The fourth-order valence-electron chi connectivity index (χ4n) is 0.948. The van der Waals surface area contributed by atoms with Crippen molar-refractivity contribution in [1.29, 1.82) is 0 Å². The molecule has 0 fully saturated rings. The Morgan fingerprint density at radius 3 is 2.65 bits per heavy atom. The summed E-state index contributed by atoms with van der Waals surface area (Å²) >= 11 is 3.18. The number of hydrogen-bond donors (Lipinski definition) is 3. The zero-order valence-corrected chi connectivity index (χ0v) is 11.1. The summed E-state index contributed by atoms with van der Waals surface area (Å²) in [6.45, 7) is 0. The zero-order chi connectivity index (χ0) is 13.1. The summed E-state index contributed by atoms with van der Waals surface area (Å²) in [5.74, 6) is 0. The van der Waals surface area contributed by atoms with Crippen molar-refractivity contribution in [3.63, 3.8) is 0 Å². The monoisotopic (exact) mass is 323 g/mol. The minimum Gasteiger partial charge on any atom is -0.452 e. The lowest BCUT2D eigenvalue weighted by molar-refractivity contribution is 0.177. The second kappa shape index (κ2) is 5.23. The van der Waals surface area contributed by atoms with Gasteiger partial charge in [-0.3, -0.25) is 4.72 Å². The van der Waals surface area contributed by atoms with Gasteiger partial charge in [0, 0.05) is 4.47 Å². The van der Waals surface area contributed by atoms with Crippen molar-refractivity contribution >= 4 is 43.6 Å². The van der Waals surface area contributed by atoms with E-state index in [4.69, 9.17) is 5.73 Å². The lowest BCUT2D eigenvalue weighted by Gasteiger charge is -2.10. The third kappa shape index (κ3) is 4.11. The maximum atomic E-state index is 11.4. The minimum atomic E-state index is -4.05. The standard InChI is InChI=1S/C8H10BrN3O4S/c1-16-8(13)12-17(14,15)11-7-3-2-5(9)4-6(7)10/h2-4,11H,10H2,1H3,(H,12,13). The smallest absolute Gasteiger partial charge is 0.422 e. The van der Waals surface area contributed by atoms with Crippen LogP contribution in [0.1, 0.15) is 0 Å². The topological polar surface area (TPSA) is 111 Å². The van der Waals surface area contributed by atoms with Gasteiger partial charge in [-0.25, -0.2) is 9.52 Å². The number of methoxy groups -OCH3 is 1. The maximum Gasteiger partial charge on any atom is 0.422 e. The third-order valence-corrected chi connectivity index (χ3v) is 3.08. The molecule has 0 aliphatic carbocycles. The number of carbonyl (C=O) groups is 1. The van der Waals surface area contributed by atoms with Crippen LogP contribution >= 0.6 is 15.9 Å². The van der Waals surface area contributed by atoms with Gasteiger partial charge in [0.25, 0.3) is 0 Å². The molecule has 0 unspecified atom stereocenters. The van der Waals surface area contributed by atoms with E-state index in [0.29, 0.717) is 4.47 Å². The molecule has 0 radical (unpaired) electrons. The van der Waals surface area contributed by atoms with Crippen molar-refractivity contribution in [3.8, 4) is 0 Å². The van der Waals surface area contributed by atoms with Gasteiger partial charge < -0.3 is 10.5 Å². The average molecular weight is 324 g/mol. The first-order valence-electron chi connectivity index (χ1n) is 4.27. The number of nitrogen functional groups attached to an aromatic ring is 1. The minimum absolute atomic E-state index is 0.157. The van der Waals surface area contributed by atoms with E-state index in [0.717, 1.165) is 7.11 Å². The Morgan fingerprint density at radius 2 is 2.12 bits per heavy atom. The third-order valence-electron chi connectivity index (χ3n) is 1.66. The average Bonchev–Trinajstić information content (AvgIpc) is 2.21. The number of ether oxygens (including phenoxy) is 1. The molecular weight excluding hydrogens is 314 g/mol. The predicted molar refractivity (Wildman–Crippen MR) is 66.6 cm³/mol. The molecule has 1 amide bonds. The van der Waals surface area contributed by atoms with Crippen molar-refractivity contribution in [2.45, 2.75) is 0 Å². The molecule has 94 valence electrons. The summed E-state index contributed by atoms with van der Waals surface area (Å²) in [7, 11) is -3.00. The lowest BCUT2D eigenvalue weighted by atomic mass is 10.3. The largest absolute Gasteiger partial charge is 0.452 e. The molecule has 0 bridgehead atoms. The van der Waals surface area contributed by atoms with Crippen molar-refractivity contribution in [2.24, 2.45) is 0 Å². The van der Waals surface area contributed by atoms with E-state index < -0.39 is 16.3 Å². The van der Waals surface area contributed by atoms with Crippen LogP contribution in [0.4, 0.5) is 16.2 Å². The quantitative estimate of drug-likeness (QED) is 0.720. The summed E-state index contributed by atoms with van der Waals surface area (Å²) in [5, 5.41) is 0. The first-order valence-corrected chi connectivity index (χ1v) is 6.55. The molecule has 0 atom stereocenters. The normalized spacial score (nSPS) is 10.7. The molecule has 7 nitrogen and oxygen atoms in total. The fraction of sp³-hybridized carbons (Fsp3) is 0.125. The summed E-state index contributed by atoms with van der Waals surface area (Å²) in [4.78, 5) is 10.8. The van der Waals surface area contributed by atoms with Gasteiger partial charge in [0.1, 0.15) is 0 Å². The van der Waals surface area contributed by atoms with Gasteiger partial charge in [0.15, 0.2) is 0 Å². The molecule has 0 saturated heterocycles. The molecule has 0 saturated carbocycles. The highest BCUT2D eigenvalue weighted by Gasteiger charge is 2.15. The predicted octanol–water partition coefficient (Wildman–Crippen LogP) is 1.04. The van der Waals surface area contributed by atoms with Crippen LogP contribution in [0.2, 0.25) is 0 Å². The van der Waals surface area contributed by atoms with E-state index >= 15 is 0 Å². The van der Waals surface area contributed by atoms with Gasteiger partial charge in [-0.15, -0.1) is 0 Å². The Labute approximate surface area is 107 Å². The molecule has 1 rings (SSSR count). The Morgan fingerprint density at radius 1 is 1.47 bits per heavy atom. The molecule has 1 aromatic carbocycles. The Bertz CT molecular complexity index is 532. The summed E-state index contributed by atoms with van der Waals surface area (Å²) in [6.07, 6.45) is -1.09. The number of amides is 1. The highest BCUT2D eigenvalue weighted by molar-refractivity contribution is 9.10. The van der Waals surface area contributed by atoms with Gasteiger partial charge in [-0.2, -0.15) is 8.42 Å². The van der Waals surface area contributed by atoms with Gasteiger partial charge in [0.05, 0.1) is 18.5 Å². The number of benzene rings is 1. The van der Waals surface area contributed by atoms with Crippen LogP contribution in [-0.2, 0) is 14.9 Å². The highest BCUT2D eigenvalue weighted by Crippen LogP contribution is 2.23. The van der Waals surface area contributed by atoms with E-state index in [-0.39, 0.29) is 11.4 Å². The number of nitrogens with two attached hydrogens (primary N) is 1. The lowest BCUT2D eigenvalue weighted by Crippen LogP contribution is -2.35. The molecule has 4 N–H and O–H groups in total. The van der Waals surface area contributed by atoms with Gasteiger partial charge in [0.2, 0.25) is 0 Å². The van der Waals surface area contributed by atoms with E-state index in [1.54, 1.807) is 10.8 Å². The Kier molecular flexibility index (Phi) is 4.18. The summed E-state index contributed by atoms with van der Waals surface area (Å²) in [5.41, 5.74) is 5.97. The maximum absolute atomic E-state index is 11.4. The van der Waals surface area contributed by atoms with Crippen LogP contribution in [0.3, 0.4) is 0 Å². The molecule has 0 spiro atoms. The molecule has 0 aliphatic heterocycles. The van der Waals surface area contributed by atoms with Crippen LogP contribution in [0.25, 0.3) is 0 Å². The van der Waals surface area contributed by atoms with E-state index in [1.807, 2.05) is 0 Å². The van der Waals surface area contributed by atoms with Crippen molar-refractivity contribution in [1.82, 2.24) is 4.72 Å². The van der Waals surface area contributed by atoms with Crippen molar-refractivity contribution in [2.75, 3.05) is 17.6 Å². The Balaban J connectivity index is 2.87. The number of halogens is 1. The number of nitrogens with one attached hydrogen (secondary N) is 2. The molecule has 17 heavy (non-hydrogen) atoms. The van der Waals surface area contributed by atoms with Crippen LogP contribution < -0.4 is 15.2 Å². The first kappa shape index (κ1) is 13.6. The molecule has 0 heterocycles. The van der Waals surface area contributed by atoms with E-state index in [9.17, 15) is 13.2 Å². The van der Waals surface area contributed by atoms with Gasteiger partial charge in [-0.05, 0) is 18.2 Å². The molecule has 0 aromatic heterocycles. The number of hydrogen-bond acceptors (Lipinski definition) is 5. The van der Waals surface area contributed by atoms with Crippen molar-refractivity contribution < 1.29 is 17.9 Å². The SMILES string of the molecule is COC(=O)NS(=O)(=O)Nc1ccc(Br)cc1N. The van der Waals surface area contributed by atoms with Crippen molar-refractivity contribution in [3.05, 3.63) is 22.7 Å². The van der Waals surface area contributed by atoms with Gasteiger partial charge in [-0.1, -0.05) is 15.9 Å². The first-order chi connectivity index (χ1) is 7.84. The van der Waals surface area contributed by atoms with Crippen LogP contribution in [0.15, 0.2) is 22.7 Å². The summed E-state index contributed by atoms with van der Waals surface area (Å²) < 4.78 is 31.4. The van der Waals surface area contributed by atoms with Crippen LogP contribution in [0.5, 0.6) is 0 Å². The fourth-order valence-corrected chi connectivity index (χ4v) is 2.16. The zero-order valence-electron chi connectivity index (χ0n) is 8.73. The molecule has 0 aliphatic rings. The highest BCUT2D eigenvalue weighted by atomic mass is 79.9. The second-order valence-electron chi connectivity index (χ2n) is 2.93. The van der Waals surface area contributed by atoms with Crippen LogP contribution in [0, 0.1) is 0 Å². The van der Waals surface area contributed by atoms with Crippen LogP contribution in [-0.4, -0.2) is 21.6 Å². The van der Waals surface area contributed by atoms with E-state index in [2.05, 4.69) is 25.4 Å². The molecule has 9 heteroatoms. The summed E-state index contributed by atoms with van der Waals surface area (Å²) in [6, 6.07) is 4.58. The molecule has 1 aromatic rings. The number of rotatable bonds is 3. The Hall–Kier alpha value is -1.48. The second-order valence-corrected chi connectivity index (χ2v) is 5.26.